The van der Waals surface area contributed by atoms with E-state index >= 15 is 0 Å². The molecule has 1 aromatic heterocycles. The van der Waals surface area contributed by atoms with Gasteiger partial charge in [0, 0.05) is 37.9 Å². The van der Waals surface area contributed by atoms with Crippen LogP contribution in [0.25, 0.3) is 0 Å². The minimum atomic E-state index is -2.78. The van der Waals surface area contributed by atoms with Crippen molar-refractivity contribution in [2.45, 2.75) is 19.4 Å². The van der Waals surface area contributed by atoms with Crippen molar-refractivity contribution in [2.75, 3.05) is 42.6 Å². The zero-order valence-electron chi connectivity index (χ0n) is 11.8. The van der Waals surface area contributed by atoms with Crippen LogP contribution in [0.3, 0.4) is 0 Å². The van der Waals surface area contributed by atoms with E-state index < -0.39 is 9.84 Å². The fourth-order valence-corrected chi connectivity index (χ4v) is 4.85. The predicted octanol–water partition coefficient (Wildman–Crippen LogP) is 0.699. The topological polar surface area (TPSA) is 53.5 Å². The summed E-state index contributed by atoms with van der Waals surface area (Å²) >= 11 is 0. The minimum Gasteiger partial charge on any atom is -0.354 e. The molecular formula is C14H21N3O2S. The van der Waals surface area contributed by atoms with Gasteiger partial charge in [0.05, 0.1) is 11.5 Å². The highest BCUT2D eigenvalue weighted by Crippen LogP contribution is 2.21. The fraction of sp³-hybridized carbons (Fsp3) is 0.643. The first-order chi connectivity index (χ1) is 9.53. The first-order valence-electron chi connectivity index (χ1n) is 7.17. The molecule has 0 bridgehead atoms. The first-order valence-corrected chi connectivity index (χ1v) is 8.99. The van der Waals surface area contributed by atoms with E-state index in [4.69, 9.17) is 0 Å². The molecule has 5 nitrogen and oxygen atoms in total. The molecule has 3 rings (SSSR count). The first kappa shape index (κ1) is 13.8. The number of hydrogen-bond acceptors (Lipinski definition) is 5. The zero-order chi connectivity index (χ0) is 14.2. The summed E-state index contributed by atoms with van der Waals surface area (Å²) in [6.07, 6.45) is 0.797. The van der Waals surface area contributed by atoms with Gasteiger partial charge in [0.1, 0.15) is 5.82 Å². The van der Waals surface area contributed by atoms with Crippen molar-refractivity contribution in [1.29, 1.82) is 0 Å². The Morgan fingerprint density at radius 2 is 1.95 bits per heavy atom. The van der Waals surface area contributed by atoms with E-state index in [2.05, 4.69) is 14.8 Å². The van der Waals surface area contributed by atoms with Crippen molar-refractivity contribution in [3.63, 3.8) is 0 Å². The number of pyridine rings is 1. The van der Waals surface area contributed by atoms with Gasteiger partial charge in [-0.25, -0.2) is 13.4 Å². The van der Waals surface area contributed by atoms with Crippen molar-refractivity contribution >= 4 is 15.7 Å². The van der Waals surface area contributed by atoms with Crippen LogP contribution in [-0.4, -0.2) is 62.0 Å². The Kier molecular flexibility index (Phi) is 3.69. The number of anilines is 1. The molecule has 2 aliphatic rings. The van der Waals surface area contributed by atoms with Gasteiger partial charge in [-0.1, -0.05) is 6.07 Å². The molecule has 3 heterocycles. The van der Waals surface area contributed by atoms with E-state index in [0.717, 1.165) is 44.1 Å². The number of hydrogen-bond donors (Lipinski definition) is 0. The number of nitrogens with zero attached hydrogens (tertiary/aromatic N) is 3. The highest BCUT2D eigenvalue weighted by molar-refractivity contribution is 7.91. The Balaban J connectivity index is 1.60. The second-order valence-corrected chi connectivity index (χ2v) is 7.95. The molecule has 1 atom stereocenters. The molecule has 0 N–H and O–H groups in total. The standard InChI is InChI=1S/C14H21N3O2S/c1-12-3-2-4-14(15-12)17-8-6-16(7-9-17)13-5-10-20(18,19)11-13/h2-4,13H,5-11H2,1H3. The summed E-state index contributed by atoms with van der Waals surface area (Å²) in [5.41, 5.74) is 1.03. The number of aromatic nitrogens is 1. The summed E-state index contributed by atoms with van der Waals surface area (Å²) < 4.78 is 23.1. The van der Waals surface area contributed by atoms with Crippen LogP contribution in [-0.2, 0) is 9.84 Å². The molecule has 0 radical (unpaired) electrons. The fourth-order valence-electron chi connectivity index (χ4n) is 3.08. The van der Waals surface area contributed by atoms with Crippen LogP contribution in [0, 0.1) is 6.92 Å². The van der Waals surface area contributed by atoms with Crippen LogP contribution in [0.15, 0.2) is 18.2 Å². The predicted molar refractivity (Wildman–Crippen MR) is 79.8 cm³/mol. The third kappa shape index (κ3) is 2.96. The van der Waals surface area contributed by atoms with E-state index in [9.17, 15) is 8.42 Å². The lowest BCUT2D eigenvalue weighted by Crippen LogP contribution is -2.51. The van der Waals surface area contributed by atoms with Gasteiger partial charge in [0.15, 0.2) is 9.84 Å². The summed E-state index contributed by atoms with van der Waals surface area (Å²) in [7, 11) is -2.78. The van der Waals surface area contributed by atoms with Gasteiger partial charge >= 0.3 is 0 Å². The van der Waals surface area contributed by atoms with Crippen LogP contribution >= 0.6 is 0 Å². The lowest BCUT2D eigenvalue weighted by atomic mass is 10.2. The summed E-state index contributed by atoms with van der Waals surface area (Å²) in [6.45, 7) is 5.70. The Labute approximate surface area is 120 Å². The summed E-state index contributed by atoms with van der Waals surface area (Å²) in [5, 5.41) is 0. The molecule has 2 saturated heterocycles. The van der Waals surface area contributed by atoms with Crippen LogP contribution in [0.5, 0.6) is 0 Å². The smallest absolute Gasteiger partial charge is 0.151 e. The summed E-state index contributed by atoms with van der Waals surface area (Å²) in [6, 6.07) is 6.31. The maximum Gasteiger partial charge on any atom is 0.151 e. The van der Waals surface area contributed by atoms with Crippen LogP contribution in [0.1, 0.15) is 12.1 Å². The molecule has 1 unspecified atom stereocenters. The molecule has 20 heavy (non-hydrogen) atoms. The zero-order valence-corrected chi connectivity index (χ0v) is 12.6. The molecule has 2 aliphatic heterocycles. The molecule has 1 aromatic rings. The number of aryl methyl sites for hydroxylation is 1. The maximum absolute atomic E-state index is 11.6. The van der Waals surface area contributed by atoms with Gasteiger partial charge in [-0.05, 0) is 25.5 Å². The molecule has 2 fully saturated rings. The average molecular weight is 295 g/mol. The van der Waals surface area contributed by atoms with E-state index in [1.54, 1.807) is 0 Å². The molecule has 0 aromatic carbocycles. The van der Waals surface area contributed by atoms with Crippen molar-refractivity contribution in [1.82, 2.24) is 9.88 Å². The van der Waals surface area contributed by atoms with E-state index in [0.29, 0.717) is 11.5 Å². The van der Waals surface area contributed by atoms with Gasteiger partial charge in [-0.3, -0.25) is 4.90 Å². The SMILES string of the molecule is Cc1cccc(N2CCN(C3CCS(=O)(=O)C3)CC2)n1. The molecular weight excluding hydrogens is 274 g/mol. The lowest BCUT2D eigenvalue weighted by Gasteiger charge is -2.38. The molecule has 0 spiro atoms. The van der Waals surface area contributed by atoms with E-state index in [1.165, 1.54) is 0 Å². The van der Waals surface area contributed by atoms with E-state index in [1.807, 2.05) is 25.1 Å². The van der Waals surface area contributed by atoms with Gasteiger partial charge in [-0.15, -0.1) is 0 Å². The highest BCUT2D eigenvalue weighted by Gasteiger charge is 2.33. The van der Waals surface area contributed by atoms with Gasteiger partial charge in [0.25, 0.3) is 0 Å². The lowest BCUT2D eigenvalue weighted by molar-refractivity contribution is 0.200. The van der Waals surface area contributed by atoms with Crippen molar-refractivity contribution in [3.8, 4) is 0 Å². The molecule has 110 valence electrons. The third-order valence-electron chi connectivity index (χ3n) is 4.24. The molecule has 0 aliphatic carbocycles. The normalized spacial score (nSPS) is 26.9. The quantitative estimate of drug-likeness (QED) is 0.804. The van der Waals surface area contributed by atoms with Gasteiger partial charge < -0.3 is 4.90 Å². The highest BCUT2D eigenvalue weighted by atomic mass is 32.2. The molecule has 6 heteroatoms. The Morgan fingerprint density at radius 3 is 2.55 bits per heavy atom. The van der Waals surface area contributed by atoms with Gasteiger partial charge in [-0.2, -0.15) is 0 Å². The van der Waals surface area contributed by atoms with Crippen LogP contribution in [0.4, 0.5) is 5.82 Å². The number of piperazine rings is 1. The second kappa shape index (κ2) is 5.33. The Hall–Kier alpha value is -1.14. The van der Waals surface area contributed by atoms with Crippen LogP contribution in [0.2, 0.25) is 0 Å². The van der Waals surface area contributed by atoms with Crippen molar-refractivity contribution in [2.24, 2.45) is 0 Å². The Bertz CT molecular complexity index is 580. The van der Waals surface area contributed by atoms with Crippen molar-refractivity contribution < 1.29 is 8.42 Å². The van der Waals surface area contributed by atoms with Gasteiger partial charge in [0.2, 0.25) is 0 Å². The Morgan fingerprint density at radius 1 is 1.20 bits per heavy atom. The maximum atomic E-state index is 11.6. The van der Waals surface area contributed by atoms with E-state index in [-0.39, 0.29) is 6.04 Å². The number of sulfone groups is 1. The molecule has 0 amide bonds. The largest absolute Gasteiger partial charge is 0.354 e. The second-order valence-electron chi connectivity index (χ2n) is 5.72. The van der Waals surface area contributed by atoms with Crippen LogP contribution < -0.4 is 4.90 Å². The minimum absolute atomic E-state index is 0.229. The summed E-state index contributed by atoms with van der Waals surface area (Å²) in [4.78, 5) is 9.17. The number of rotatable bonds is 2. The average Bonchev–Trinajstić information content (AvgIpc) is 2.79. The monoisotopic (exact) mass is 295 g/mol. The third-order valence-corrected chi connectivity index (χ3v) is 5.99. The molecule has 0 saturated carbocycles. The van der Waals surface area contributed by atoms with Crippen molar-refractivity contribution in [3.05, 3.63) is 23.9 Å². The summed E-state index contributed by atoms with van der Waals surface area (Å²) in [5.74, 6) is 1.73.